The first kappa shape index (κ1) is 13.8. The highest BCUT2D eigenvalue weighted by Gasteiger charge is 2.26. The molecule has 1 N–H and O–H groups in total. The van der Waals surface area contributed by atoms with Gasteiger partial charge < -0.3 is 9.88 Å². The standard InChI is InChI=1S/C14H19N5O2/c1-9-7-19-8-10(3-5-12(19)15-9)16-14(21)11-4-6-13(20)18(2)17-11/h7,10H,3-6,8H2,1-2H3,(H,16,21)/t10-/m1/s1. The van der Waals surface area contributed by atoms with Gasteiger partial charge in [0.2, 0.25) is 5.91 Å². The summed E-state index contributed by atoms with van der Waals surface area (Å²) >= 11 is 0. The van der Waals surface area contributed by atoms with Crippen LogP contribution in [-0.2, 0) is 22.6 Å². The van der Waals surface area contributed by atoms with E-state index in [1.165, 1.54) is 5.01 Å². The minimum absolute atomic E-state index is 0.0530. The van der Waals surface area contributed by atoms with Crippen LogP contribution in [0, 0.1) is 6.92 Å². The van der Waals surface area contributed by atoms with Gasteiger partial charge in [0.15, 0.2) is 0 Å². The van der Waals surface area contributed by atoms with Gasteiger partial charge in [-0.3, -0.25) is 9.59 Å². The van der Waals surface area contributed by atoms with Crippen LogP contribution in [0.3, 0.4) is 0 Å². The zero-order chi connectivity index (χ0) is 15.0. The lowest BCUT2D eigenvalue weighted by Gasteiger charge is -2.26. The van der Waals surface area contributed by atoms with Crippen molar-refractivity contribution >= 4 is 17.5 Å². The minimum atomic E-state index is -0.167. The van der Waals surface area contributed by atoms with E-state index in [-0.39, 0.29) is 17.9 Å². The van der Waals surface area contributed by atoms with Crippen molar-refractivity contribution in [2.45, 2.75) is 45.2 Å². The number of rotatable bonds is 2. The van der Waals surface area contributed by atoms with E-state index in [9.17, 15) is 9.59 Å². The van der Waals surface area contributed by atoms with E-state index in [1.54, 1.807) is 7.05 Å². The van der Waals surface area contributed by atoms with Gasteiger partial charge >= 0.3 is 0 Å². The molecule has 112 valence electrons. The summed E-state index contributed by atoms with van der Waals surface area (Å²) in [7, 11) is 1.58. The van der Waals surface area contributed by atoms with Gasteiger partial charge in [0, 0.05) is 45.1 Å². The first-order valence-electron chi connectivity index (χ1n) is 7.20. The first-order chi connectivity index (χ1) is 10.0. The molecule has 1 aromatic heterocycles. The van der Waals surface area contributed by atoms with Crippen LogP contribution in [0.1, 0.15) is 30.8 Å². The van der Waals surface area contributed by atoms with Crippen molar-refractivity contribution in [2.75, 3.05) is 7.05 Å². The van der Waals surface area contributed by atoms with Crippen molar-refractivity contribution in [1.82, 2.24) is 19.9 Å². The number of carbonyl (C=O) groups excluding carboxylic acids is 2. The topological polar surface area (TPSA) is 79.6 Å². The number of aryl methyl sites for hydroxylation is 2. The van der Waals surface area contributed by atoms with Gasteiger partial charge in [0.1, 0.15) is 11.5 Å². The van der Waals surface area contributed by atoms with E-state index in [2.05, 4.69) is 20.0 Å². The maximum atomic E-state index is 12.2. The Kier molecular flexibility index (Phi) is 3.48. The van der Waals surface area contributed by atoms with E-state index >= 15 is 0 Å². The smallest absolute Gasteiger partial charge is 0.267 e. The first-order valence-corrected chi connectivity index (χ1v) is 7.20. The molecular formula is C14H19N5O2. The maximum Gasteiger partial charge on any atom is 0.267 e. The van der Waals surface area contributed by atoms with Gasteiger partial charge in [-0.05, 0) is 13.3 Å². The molecule has 2 amide bonds. The largest absolute Gasteiger partial charge is 0.346 e. The third-order valence-corrected chi connectivity index (χ3v) is 3.92. The molecule has 3 heterocycles. The van der Waals surface area contributed by atoms with Gasteiger partial charge in [-0.1, -0.05) is 0 Å². The maximum absolute atomic E-state index is 12.2. The second-order valence-electron chi connectivity index (χ2n) is 5.62. The quantitative estimate of drug-likeness (QED) is 0.846. The highest BCUT2D eigenvalue weighted by Crippen LogP contribution is 2.15. The predicted octanol–water partition coefficient (Wildman–Crippen LogP) is 0.231. The minimum Gasteiger partial charge on any atom is -0.346 e. The highest BCUT2D eigenvalue weighted by atomic mass is 16.2. The summed E-state index contributed by atoms with van der Waals surface area (Å²) < 4.78 is 2.10. The van der Waals surface area contributed by atoms with Crippen molar-refractivity contribution in [1.29, 1.82) is 0 Å². The van der Waals surface area contributed by atoms with E-state index < -0.39 is 0 Å². The Balaban J connectivity index is 1.64. The molecule has 0 spiro atoms. The second-order valence-corrected chi connectivity index (χ2v) is 5.62. The highest BCUT2D eigenvalue weighted by molar-refractivity contribution is 6.39. The lowest BCUT2D eigenvalue weighted by molar-refractivity contribution is -0.130. The molecule has 0 saturated heterocycles. The molecule has 3 rings (SSSR count). The van der Waals surface area contributed by atoms with Crippen LogP contribution >= 0.6 is 0 Å². The summed E-state index contributed by atoms with van der Waals surface area (Å²) in [6, 6.07) is 0.0873. The number of hydrazone groups is 1. The molecule has 7 nitrogen and oxygen atoms in total. The summed E-state index contributed by atoms with van der Waals surface area (Å²) in [5.74, 6) is 0.862. The fourth-order valence-corrected chi connectivity index (χ4v) is 2.81. The van der Waals surface area contributed by atoms with Crippen molar-refractivity contribution in [3.63, 3.8) is 0 Å². The van der Waals surface area contributed by atoms with Gasteiger partial charge in [-0.25, -0.2) is 9.99 Å². The van der Waals surface area contributed by atoms with Gasteiger partial charge in [-0.2, -0.15) is 5.10 Å². The summed E-state index contributed by atoms with van der Waals surface area (Å²) in [6.07, 6.45) is 4.52. The Morgan fingerprint density at radius 3 is 2.95 bits per heavy atom. The molecule has 1 atom stereocenters. The van der Waals surface area contributed by atoms with Crippen molar-refractivity contribution < 1.29 is 9.59 Å². The number of fused-ring (bicyclic) bond motifs is 1. The molecular weight excluding hydrogens is 270 g/mol. The predicted molar refractivity (Wildman–Crippen MR) is 76.7 cm³/mol. The number of imidazole rings is 1. The average molecular weight is 289 g/mol. The van der Waals surface area contributed by atoms with E-state index in [4.69, 9.17) is 0 Å². The molecule has 21 heavy (non-hydrogen) atoms. The van der Waals surface area contributed by atoms with Crippen LogP contribution in [0.15, 0.2) is 11.3 Å². The third kappa shape index (κ3) is 2.81. The van der Waals surface area contributed by atoms with Crippen LogP contribution < -0.4 is 5.32 Å². The molecule has 0 aliphatic carbocycles. The number of aromatic nitrogens is 2. The third-order valence-electron chi connectivity index (χ3n) is 3.92. The van der Waals surface area contributed by atoms with Crippen LogP contribution in [0.25, 0.3) is 0 Å². The number of nitrogens with one attached hydrogen (secondary N) is 1. The van der Waals surface area contributed by atoms with Gasteiger partial charge in [0.05, 0.1) is 5.69 Å². The van der Waals surface area contributed by atoms with Gasteiger partial charge in [0.25, 0.3) is 5.91 Å². The fourth-order valence-electron chi connectivity index (χ4n) is 2.81. The second kappa shape index (κ2) is 5.31. The fraction of sp³-hybridized carbons (Fsp3) is 0.571. The SMILES string of the molecule is Cc1cn2c(n1)CC[C@@H](NC(=O)C1=NN(C)C(=O)CC1)C2. The van der Waals surface area contributed by atoms with Crippen molar-refractivity contribution in [3.8, 4) is 0 Å². The van der Waals surface area contributed by atoms with Gasteiger partial charge in [-0.15, -0.1) is 0 Å². The lowest BCUT2D eigenvalue weighted by Crippen LogP contribution is -2.45. The zero-order valence-electron chi connectivity index (χ0n) is 12.3. The molecule has 2 aliphatic heterocycles. The number of carbonyl (C=O) groups is 2. The number of hydrogen-bond acceptors (Lipinski definition) is 4. The summed E-state index contributed by atoms with van der Waals surface area (Å²) in [5, 5.41) is 8.31. The van der Waals surface area contributed by atoms with Crippen LogP contribution in [0.5, 0.6) is 0 Å². The molecule has 2 aliphatic rings. The summed E-state index contributed by atoms with van der Waals surface area (Å²) in [6.45, 7) is 2.71. The Labute approximate surface area is 123 Å². The lowest BCUT2D eigenvalue weighted by atomic mass is 10.1. The average Bonchev–Trinajstić information content (AvgIpc) is 2.81. The van der Waals surface area contributed by atoms with Crippen LogP contribution in [-0.4, -0.2) is 45.2 Å². The Morgan fingerprint density at radius 2 is 2.19 bits per heavy atom. The molecule has 0 bridgehead atoms. The number of hydrogen-bond donors (Lipinski definition) is 1. The molecule has 7 heteroatoms. The summed E-state index contributed by atoms with van der Waals surface area (Å²) in [4.78, 5) is 28.1. The zero-order valence-corrected chi connectivity index (χ0v) is 12.3. The molecule has 0 fully saturated rings. The van der Waals surface area contributed by atoms with E-state index in [1.807, 2.05) is 13.1 Å². The Morgan fingerprint density at radius 1 is 1.38 bits per heavy atom. The summed E-state index contributed by atoms with van der Waals surface area (Å²) in [5.41, 5.74) is 1.44. The molecule has 0 aromatic carbocycles. The molecule has 0 unspecified atom stereocenters. The Hall–Kier alpha value is -2.18. The Bertz CT molecular complexity index is 619. The van der Waals surface area contributed by atoms with Crippen LogP contribution in [0.4, 0.5) is 0 Å². The monoisotopic (exact) mass is 289 g/mol. The molecule has 0 saturated carbocycles. The van der Waals surface area contributed by atoms with Crippen molar-refractivity contribution in [2.24, 2.45) is 5.10 Å². The van der Waals surface area contributed by atoms with E-state index in [0.29, 0.717) is 18.6 Å². The van der Waals surface area contributed by atoms with Crippen molar-refractivity contribution in [3.05, 3.63) is 17.7 Å². The van der Waals surface area contributed by atoms with Crippen LogP contribution in [0.2, 0.25) is 0 Å². The molecule has 1 aromatic rings. The van der Waals surface area contributed by atoms with E-state index in [0.717, 1.165) is 30.9 Å². The normalized spacial score (nSPS) is 21.8. The molecule has 0 radical (unpaired) electrons. The number of amides is 2. The number of nitrogens with zero attached hydrogens (tertiary/aromatic N) is 4.